The number of hydrogen-bond donors (Lipinski definition) is 0. The molecule has 0 spiro atoms. The number of fused-ring (bicyclic) bond motifs is 1. The van der Waals surface area contributed by atoms with Crippen molar-refractivity contribution in [1.29, 1.82) is 0 Å². The predicted molar refractivity (Wildman–Crippen MR) is 77.7 cm³/mol. The lowest BCUT2D eigenvalue weighted by Crippen LogP contribution is -1.81. The third kappa shape index (κ3) is 2.44. The zero-order valence-corrected chi connectivity index (χ0v) is 10.8. The summed E-state index contributed by atoms with van der Waals surface area (Å²) >= 11 is 1.92. The van der Waals surface area contributed by atoms with Crippen molar-refractivity contribution in [3.05, 3.63) is 72.0 Å². The van der Waals surface area contributed by atoms with E-state index in [4.69, 9.17) is 4.42 Å². The first-order valence-electron chi connectivity index (χ1n) is 6.00. The van der Waals surface area contributed by atoms with Crippen LogP contribution in [0.1, 0.15) is 11.1 Å². The molecule has 1 aromatic heterocycles. The molecule has 18 heavy (non-hydrogen) atoms. The minimum absolute atomic E-state index is 0.979. The third-order valence-electron chi connectivity index (χ3n) is 2.93. The summed E-state index contributed by atoms with van der Waals surface area (Å²) in [7, 11) is 0. The highest BCUT2D eigenvalue weighted by molar-refractivity contribution is 7.97. The van der Waals surface area contributed by atoms with E-state index in [1.165, 1.54) is 16.5 Å². The Morgan fingerprint density at radius 2 is 1.61 bits per heavy atom. The Kier molecular flexibility index (Phi) is 3.37. The van der Waals surface area contributed by atoms with Crippen LogP contribution in [-0.2, 0) is 11.5 Å². The van der Waals surface area contributed by atoms with Crippen molar-refractivity contribution in [3.8, 4) is 0 Å². The molecule has 3 rings (SSSR count). The molecule has 1 heterocycles. The lowest BCUT2D eigenvalue weighted by atomic mass is 10.2. The van der Waals surface area contributed by atoms with Gasteiger partial charge < -0.3 is 4.42 Å². The van der Waals surface area contributed by atoms with Crippen molar-refractivity contribution in [2.24, 2.45) is 0 Å². The lowest BCUT2D eigenvalue weighted by Gasteiger charge is -2.00. The molecular weight excluding hydrogens is 240 g/mol. The molecule has 0 atom stereocenters. The Bertz CT molecular complexity index is 628. The van der Waals surface area contributed by atoms with Gasteiger partial charge >= 0.3 is 0 Å². The Hall–Kier alpha value is -1.67. The van der Waals surface area contributed by atoms with Crippen LogP contribution in [-0.4, -0.2) is 0 Å². The van der Waals surface area contributed by atoms with E-state index in [-0.39, 0.29) is 0 Å². The first-order valence-corrected chi connectivity index (χ1v) is 7.16. The van der Waals surface area contributed by atoms with Crippen molar-refractivity contribution in [2.75, 3.05) is 0 Å². The molecule has 0 aliphatic heterocycles. The van der Waals surface area contributed by atoms with E-state index in [0.29, 0.717) is 0 Å². The molecule has 0 bridgehead atoms. The first-order chi connectivity index (χ1) is 8.93. The number of hydrogen-bond acceptors (Lipinski definition) is 2. The topological polar surface area (TPSA) is 13.1 Å². The van der Waals surface area contributed by atoms with Gasteiger partial charge in [-0.05, 0) is 11.6 Å². The van der Waals surface area contributed by atoms with Gasteiger partial charge in [0.2, 0.25) is 0 Å². The van der Waals surface area contributed by atoms with Gasteiger partial charge in [0, 0.05) is 22.5 Å². The fourth-order valence-electron chi connectivity index (χ4n) is 2.00. The third-order valence-corrected chi connectivity index (χ3v) is 3.98. The molecule has 0 aliphatic carbocycles. The smallest absolute Gasteiger partial charge is 0.134 e. The molecule has 0 aliphatic rings. The van der Waals surface area contributed by atoms with E-state index in [1.807, 2.05) is 30.2 Å². The highest BCUT2D eigenvalue weighted by Gasteiger charge is 2.04. The average Bonchev–Trinajstić information content (AvgIpc) is 2.84. The van der Waals surface area contributed by atoms with Crippen LogP contribution in [0.5, 0.6) is 0 Å². The van der Waals surface area contributed by atoms with Gasteiger partial charge in [-0.2, -0.15) is 11.8 Å². The van der Waals surface area contributed by atoms with Crippen molar-refractivity contribution >= 4 is 22.7 Å². The fourth-order valence-corrected chi connectivity index (χ4v) is 2.97. The molecule has 0 fully saturated rings. The highest BCUT2D eigenvalue weighted by atomic mass is 32.2. The van der Waals surface area contributed by atoms with Gasteiger partial charge in [0.15, 0.2) is 0 Å². The molecule has 0 saturated heterocycles. The van der Waals surface area contributed by atoms with Gasteiger partial charge in [-0.1, -0.05) is 48.5 Å². The number of thioether (sulfide) groups is 1. The maximum absolute atomic E-state index is 5.54. The van der Waals surface area contributed by atoms with Gasteiger partial charge in [-0.15, -0.1) is 0 Å². The van der Waals surface area contributed by atoms with E-state index in [2.05, 4.69) is 42.5 Å². The summed E-state index contributed by atoms with van der Waals surface area (Å²) < 4.78 is 5.54. The van der Waals surface area contributed by atoms with E-state index < -0.39 is 0 Å². The van der Waals surface area contributed by atoms with Crippen LogP contribution in [0.4, 0.5) is 0 Å². The van der Waals surface area contributed by atoms with Crippen molar-refractivity contribution in [2.45, 2.75) is 11.5 Å². The number of para-hydroxylation sites is 1. The van der Waals surface area contributed by atoms with Crippen LogP contribution in [0.25, 0.3) is 11.0 Å². The van der Waals surface area contributed by atoms with Crippen LogP contribution in [0.3, 0.4) is 0 Å². The maximum atomic E-state index is 5.54. The van der Waals surface area contributed by atoms with Crippen molar-refractivity contribution < 1.29 is 4.42 Å². The summed E-state index contributed by atoms with van der Waals surface area (Å²) in [6.07, 6.45) is 1.88. The van der Waals surface area contributed by atoms with Crippen molar-refractivity contribution in [1.82, 2.24) is 0 Å². The maximum Gasteiger partial charge on any atom is 0.134 e. The Morgan fingerprint density at radius 1 is 0.833 bits per heavy atom. The standard InChI is InChI=1S/C16H14OS/c1-2-6-13(7-3-1)11-18-12-14-10-17-16-9-5-4-8-15(14)16/h1-10H,11-12H2. The van der Waals surface area contributed by atoms with Gasteiger partial charge in [-0.3, -0.25) is 0 Å². The largest absolute Gasteiger partial charge is 0.464 e. The van der Waals surface area contributed by atoms with E-state index in [0.717, 1.165) is 17.1 Å². The highest BCUT2D eigenvalue weighted by Crippen LogP contribution is 2.26. The van der Waals surface area contributed by atoms with Crippen LogP contribution in [0.2, 0.25) is 0 Å². The molecule has 1 nitrogen and oxygen atoms in total. The fraction of sp³-hybridized carbons (Fsp3) is 0.125. The monoisotopic (exact) mass is 254 g/mol. The SMILES string of the molecule is c1ccc(CSCc2coc3ccccc23)cc1. The minimum atomic E-state index is 0.979. The summed E-state index contributed by atoms with van der Waals surface area (Å²) in [6.45, 7) is 0. The Labute approximate surface area is 111 Å². The first kappa shape index (κ1) is 11.4. The molecule has 90 valence electrons. The quantitative estimate of drug-likeness (QED) is 0.659. The Morgan fingerprint density at radius 3 is 2.50 bits per heavy atom. The summed E-state index contributed by atoms with van der Waals surface area (Å²) in [6, 6.07) is 18.8. The van der Waals surface area contributed by atoms with Gasteiger partial charge in [0.05, 0.1) is 6.26 Å². The normalized spacial score (nSPS) is 10.9. The van der Waals surface area contributed by atoms with Crippen LogP contribution < -0.4 is 0 Å². The summed E-state index contributed by atoms with van der Waals surface area (Å²) in [5, 5.41) is 1.23. The zero-order chi connectivity index (χ0) is 12.2. The molecule has 3 aromatic rings. The van der Waals surface area contributed by atoms with Crippen LogP contribution in [0.15, 0.2) is 65.3 Å². The average molecular weight is 254 g/mol. The van der Waals surface area contributed by atoms with Crippen molar-refractivity contribution in [3.63, 3.8) is 0 Å². The summed E-state index contributed by atoms with van der Waals surface area (Å²) in [5.41, 5.74) is 3.63. The number of benzene rings is 2. The summed E-state index contributed by atoms with van der Waals surface area (Å²) in [5.74, 6) is 2.03. The molecule has 0 saturated carbocycles. The summed E-state index contributed by atoms with van der Waals surface area (Å²) in [4.78, 5) is 0. The second-order valence-corrected chi connectivity index (χ2v) is 5.22. The van der Waals surface area contributed by atoms with E-state index in [9.17, 15) is 0 Å². The molecule has 0 N–H and O–H groups in total. The van der Waals surface area contributed by atoms with Gasteiger partial charge in [0.25, 0.3) is 0 Å². The van der Waals surface area contributed by atoms with E-state index >= 15 is 0 Å². The lowest BCUT2D eigenvalue weighted by molar-refractivity contribution is 0.612. The van der Waals surface area contributed by atoms with Crippen LogP contribution >= 0.6 is 11.8 Å². The zero-order valence-electron chi connectivity index (χ0n) is 10.0. The molecule has 2 heteroatoms. The van der Waals surface area contributed by atoms with Gasteiger partial charge in [0.1, 0.15) is 5.58 Å². The second kappa shape index (κ2) is 5.32. The van der Waals surface area contributed by atoms with Crippen LogP contribution in [0, 0.1) is 0 Å². The molecular formula is C16H14OS. The molecule has 2 aromatic carbocycles. The van der Waals surface area contributed by atoms with Gasteiger partial charge in [-0.25, -0.2) is 0 Å². The molecule has 0 radical (unpaired) electrons. The molecule has 0 unspecified atom stereocenters. The minimum Gasteiger partial charge on any atom is -0.464 e. The number of rotatable bonds is 4. The second-order valence-electron chi connectivity index (χ2n) is 4.24. The molecule has 0 amide bonds. The predicted octanol–water partition coefficient (Wildman–Crippen LogP) is 4.87. The van der Waals surface area contributed by atoms with E-state index in [1.54, 1.807) is 0 Å². The number of furan rings is 1. The Balaban J connectivity index is 1.67.